The van der Waals surface area contributed by atoms with Crippen LogP contribution in [-0.4, -0.2) is 65.4 Å². The average molecular weight is 514 g/mol. The van der Waals surface area contributed by atoms with Gasteiger partial charge in [-0.1, -0.05) is 0 Å². The summed E-state index contributed by atoms with van der Waals surface area (Å²) in [5, 5.41) is 15.0. The van der Waals surface area contributed by atoms with Gasteiger partial charge in [0.2, 0.25) is 0 Å². The molecule has 0 spiro atoms. The molecule has 0 aliphatic rings. The normalized spacial score (nSPS) is 11.9. The minimum Gasteiger partial charge on any atom is -0.497 e. The van der Waals surface area contributed by atoms with Crippen LogP contribution in [-0.2, 0) is 4.74 Å². The number of anilines is 2. The van der Waals surface area contributed by atoms with Gasteiger partial charge in [-0.2, -0.15) is 5.10 Å². The number of fused-ring (bicyclic) bond motifs is 1. The van der Waals surface area contributed by atoms with Crippen molar-refractivity contribution in [2.45, 2.75) is 26.0 Å². The smallest absolute Gasteiger partial charge is 0.124 e. The maximum atomic E-state index is 10.6. The van der Waals surface area contributed by atoms with E-state index in [9.17, 15) is 5.11 Å². The predicted molar refractivity (Wildman–Crippen MR) is 143 cm³/mol. The molecule has 2 aromatic heterocycles. The van der Waals surface area contributed by atoms with Crippen LogP contribution in [0.2, 0.25) is 0 Å². The van der Waals surface area contributed by atoms with Crippen LogP contribution in [0, 0.1) is 0 Å². The average Bonchev–Trinajstić information content (AvgIpc) is 3.37. The number of aliphatic hydroxyl groups excluding tert-OH is 1. The van der Waals surface area contributed by atoms with Gasteiger partial charge < -0.3 is 24.2 Å². The molecule has 9 nitrogen and oxygen atoms in total. The first-order valence-electron chi connectivity index (χ1n) is 11.4. The van der Waals surface area contributed by atoms with Gasteiger partial charge in [-0.25, -0.2) is 4.98 Å². The van der Waals surface area contributed by atoms with Crippen molar-refractivity contribution in [3.63, 3.8) is 0 Å². The van der Waals surface area contributed by atoms with E-state index in [0.29, 0.717) is 18.0 Å². The number of methoxy groups -OCH3 is 3. The van der Waals surface area contributed by atoms with E-state index < -0.39 is 6.10 Å². The SMILES string of the molecule is COC[C@H](O)CN(c1cc(OC)cc(OC)c1)c1ccc2ncc(-c3cnn(C(C)C)c3)nc2c1.Cl. The van der Waals surface area contributed by atoms with Crippen LogP contribution in [0.15, 0.2) is 55.0 Å². The number of rotatable bonds is 10. The van der Waals surface area contributed by atoms with Crippen LogP contribution in [0.25, 0.3) is 22.3 Å². The largest absolute Gasteiger partial charge is 0.497 e. The van der Waals surface area contributed by atoms with Crippen molar-refractivity contribution in [2.24, 2.45) is 0 Å². The number of halogens is 1. The predicted octanol–water partition coefficient (Wildman–Crippen LogP) is 4.66. The summed E-state index contributed by atoms with van der Waals surface area (Å²) in [5.41, 5.74) is 4.80. The first kappa shape index (κ1) is 27.2. The van der Waals surface area contributed by atoms with Gasteiger partial charge in [0, 0.05) is 54.5 Å². The number of nitrogens with zero attached hydrogens (tertiary/aromatic N) is 5. The molecule has 0 aliphatic heterocycles. The molecule has 0 aliphatic carbocycles. The van der Waals surface area contributed by atoms with Crippen molar-refractivity contribution < 1.29 is 19.3 Å². The minimum absolute atomic E-state index is 0. The van der Waals surface area contributed by atoms with Gasteiger partial charge in [0.25, 0.3) is 0 Å². The van der Waals surface area contributed by atoms with Crippen LogP contribution in [0.3, 0.4) is 0 Å². The molecule has 0 saturated heterocycles. The lowest BCUT2D eigenvalue weighted by Crippen LogP contribution is -2.31. The highest BCUT2D eigenvalue weighted by Crippen LogP contribution is 2.34. The summed E-state index contributed by atoms with van der Waals surface area (Å²) >= 11 is 0. The summed E-state index contributed by atoms with van der Waals surface area (Å²) in [4.78, 5) is 11.4. The molecule has 2 aromatic carbocycles. The zero-order valence-corrected chi connectivity index (χ0v) is 21.9. The van der Waals surface area contributed by atoms with Gasteiger partial charge in [-0.3, -0.25) is 9.67 Å². The molecule has 4 aromatic rings. The molecule has 0 unspecified atom stereocenters. The van der Waals surface area contributed by atoms with Crippen molar-refractivity contribution in [2.75, 3.05) is 39.4 Å². The number of ether oxygens (including phenoxy) is 3. The molecule has 10 heteroatoms. The number of benzene rings is 2. The quantitative estimate of drug-likeness (QED) is 0.327. The summed E-state index contributed by atoms with van der Waals surface area (Å²) in [6, 6.07) is 11.7. The van der Waals surface area contributed by atoms with E-state index in [1.165, 1.54) is 0 Å². The molecular weight excluding hydrogens is 482 g/mol. The molecule has 192 valence electrons. The fraction of sp³-hybridized carbons (Fsp3) is 0.346. The summed E-state index contributed by atoms with van der Waals surface area (Å²) in [7, 11) is 4.78. The molecule has 0 radical (unpaired) electrons. The Morgan fingerprint density at radius 3 is 2.28 bits per heavy atom. The minimum atomic E-state index is -0.716. The zero-order valence-electron chi connectivity index (χ0n) is 21.1. The van der Waals surface area contributed by atoms with E-state index in [2.05, 4.69) is 23.9 Å². The third-order valence-electron chi connectivity index (χ3n) is 5.66. The number of hydrogen-bond acceptors (Lipinski definition) is 8. The molecule has 36 heavy (non-hydrogen) atoms. The summed E-state index contributed by atoms with van der Waals surface area (Å²) < 4.78 is 18.0. The van der Waals surface area contributed by atoms with Crippen LogP contribution in [0.1, 0.15) is 19.9 Å². The van der Waals surface area contributed by atoms with Gasteiger partial charge in [0.15, 0.2) is 0 Å². The van der Waals surface area contributed by atoms with E-state index in [1.807, 2.05) is 52.2 Å². The van der Waals surface area contributed by atoms with Crippen molar-refractivity contribution in [1.29, 1.82) is 0 Å². The second-order valence-electron chi connectivity index (χ2n) is 8.52. The van der Waals surface area contributed by atoms with Crippen LogP contribution in [0.5, 0.6) is 11.5 Å². The van der Waals surface area contributed by atoms with Crippen molar-refractivity contribution in [3.8, 4) is 22.8 Å². The molecule has 1 N–H and O–H groups in total. The first-order chi connectivity index (χ1) is 16.9. The van der Waals surface area contributed by atoms with Gasteiger partial charge in [0.1, 0.15) is 11.5 Å². The third-order valence-corrected chi connectivity index (χ3v) is 5.66. The topological polar surface area (TPSA) is 94.8 Å². The Balaban J connectivity index is 0.00000361. The van der Waals surface area contributed by atoms with Gasteiger partial charge in [-0.15, -0.1) is 12.4 Å². The molecule has 0 bridgehead atoms. The third kappa shape index (κ3) is 6.04. The summed E-state index contributed by atoms with van der Waals surface area (Å²) in [6.45, 7) is 4.66. The highest BCUT2D eigenvalue weighted by Gasteiger charge is 2.18. The van der Waals surface area contributed by atoms with E-state index in [0.717, 1.165) is 33.7 Å². The maximum Gasteiger partial charge on any atom is 0.124 e. The highest BCUT2D eigenvalue weighted by atomic mass is 35.5. The Bertz CT molecular complexity index is 1270. The Kier molecular flexibility index (Phi) is 9.08. The van der Waals surface area contributed by atoms with Gasteiger partial charge in [-0.05, 0) is 32.0 Å². The zero-order chi connectivity index (χ0) is 24.9. The van der Waals surface area contributed by atoms with E-state index in [4.69, 9.17) is 19.2 Å². The van der Waals surface area contributed by atoms with Crippen molar-refractivity contribution >= 4 is 34.8 Å². The van der Waals surface area contributed by atoms with E-state index >= 15 is 0 Å². The molecular formula is C26H32ClN5O4. The summed E-state index contributed by atoms with van der Waals surface area (Å²) in [5.74, 6) is 1.30. The number of aliphatic hydroxyl groups is 1. The summed E-state index contributed by atoms with van der Waals surface area (Å²) in [6.07, 6.45) is 4.82. The Hall–Kier alpha value is -3.40. The second kappa shape index (κ2) is 12.0. The van der Waals surface area contributed by atoms with Crippen LogP contribution in [0.4, 0.5) is 11.4 Å². The second-order valence-corrected chi connectivity index (χ2v) is 8.52. The molecule has 0 saturated carbocycles. The molecule has 2 heterocycles. The lowest BCUT2D eigenvalue weighted by molar-refractivity contribution is 0.0702. The fourth-order valence-corrected chi connectivity index (χ4v) is 3.82. The van der Waals surface area contributed by atoms with Crippen LogP contribution < -0.4 is 14.4 Å². The Morgan fingerprint density at radius 1 is 0.944 bits per heavy atom. The van der Waals surface area contributed by atoms with Gasteiger partial charge in [0.05, 0.1) is 62.6 Å². The Morgan fingerprint density at radius 2 is 1.67 bits per heavy atom. The van der Waals surface area contributed by atoms with Crippen molar-refractivity contribution in [3.05, 3.63) is 55.0 Å². The lowest BCUT2D eigenvalue weighted by Gasteiger charge is -2.28. The number of hydrogen-bond donors (Lipinski definition) is 1. The highest BCUT2D eigenvalue weighted by molar-refractivity contribution is 5.85. The lowest BCUT2D eigenvalue weighted by atomic mass is 10.1. The molecule has 0 fully saturated rings. The molecule has 0 amide bonds. The molecule has 4 rings (SSSR count). The van der Waals surface area contributed by atoms with Crippen LogP contribution >= 0.6 is 12.4 Å². The Labute approximate surface area is 217 Å². The maximum absolute atomic E-state index is 10.6. The van der Waals surface area contributed by atoms with Gasteiger partial charge >= 0.3 is 0 Å². The molecule has 1 atom stereocenters. The first-order valence-corrected chi connectivity index (χ1v) is 11.4. The standard InChI is InChI=1S/C26H31N5O4.ClH/c1-17(2)31-14-18(12-28-31)26-13-27-24-7-6-19(10-25(24)29-26)30(15-21(32)16-33-3)20-8-22(34-4)11-23(9-20)35-5;/h6-14,17,21,32H,15-16H2,1-5H3;1H/t21-;/m1./s1. The fourth-order valence-electron chi connectivity index (χ4n) is 3.82. The van der Waals surface area contributed by atoms with E-state index in [1.54, 1.807) is 33.7 Å². The monoisotopic (exact) mass is 513 g/mol. The van der Waals surface area contributed by atoms with Crippen molar-refractivity contribution in [1.82, 2.24) is 19.7 Å². The van der Waals surface area contributed by atoms with E-state index in [-0.39, 0.29) is 25.1 Å². The number of aromatic nitrogens is 4.